The van der Waals surface area contributed by atoms with Crippen LogP contribution in [0.25, 0.3) is 11.1 Å². The molecule has 2 rings (SSSR count). The Kier molecular flexibility index (Phi) is 8.40. The second-order valence-electron chi connectivity index (χ2n) is 6.21. The van der Waals surface area contributed by atoms with Gasteiger partial charge in [0.25, 0.3) is 0 Å². The molecule has 0 saturated heterocycles. The maximum absolute atomic E-state index is 12.0. The molecule has 138 valence electrons. The third kappa shape index (κ3) is 7.09. The van der Waals surface area contributed by atoms with E-state index in [0.29, 0.717) is 19.4 Å². The first kappa shape index (κ1) is 19.7. The van der Waals surface area contributed by atoms with Gasteiger partial charge in [0.15, 0.2) is 0 Å². The number of nitrogens with one attached hydrogen (secondary N) is 1. The Bertz CT molecular complexity index is 680. The predicted octanol–water partition coefficient (Wildman–Crippen LogP) is 5.20. The molecule has 0 bridgehead atoms. The molecule has 0 saturated carbocycles. The molecule has 1 N–H and O–H groups in total. The van der Waals surface area contributed by atoms with E-state index in [1.165, 1.54) is 0 Å². The third-order valence-corrected chi connectivity index (χ3v) is 4.12. The van der Waals surface area contributed by atoms with Crippen molar-refractivity contribution in [3.05, 3.63) is 54.6 Å². The monoisotopic (exact) mass is 353 g/mol. The van der Waals surface area contributed by atoms with Gasteiger partial charge in [-0.25, -0.2) is 0 Å². The minimum Gasteiger partial charge on any atom is -0.466 e. The van der Waals surface area contributed by atoms with Gasteiger partial charge in [-0.1, -0.05) is 55.3 Å². The number of carbonyl (C=O) groups excluding carboxylic acids is 2. The van der Waals surface area contributed by atoms with Crippen LogP contribution in [0.4, 0.5) is 5.69 Å². The molecule has 2 aromatic rings. The summed E-state index contributed by atoms with van der Waals surface area (Å²) in [6.07, 6.45) is 4.50. The molecular weight excluding hydrogens is 326 g/mol. The summed E-state index contributed by atoms with van der Waals surface area (Å²) >= 11 is 0. The Balaban J connectivity index is 1.64. The lowest BCUT2D eigenvalue weighted by molar-refractivity contribution is -0.143. The molecule has 26 heavy (non-hydrogen) atoms. The summed E-state index contributed by atoms with van der Waals surface area (Å²) in [6.45, 7) is 2.25. The number of ether oxygens (including phenoxy) is 1. The lowest BCUT2D eigenvalue weighted by atomic mass is 10.1. The first-order chi connectivity index (χ1) is 12.7. The van der Waals surface area contributed by atoms with E-state index in [-0.39, 0.29) is 11.9 Å². The highest BCUT2D eigenvalue weighted by atomic mass is 16.5. The van der Waals surface area contributed by atoms with E-state index in [2.05, 4.69) is 17.4 Å². The van der Waals surface area contributed by atoms with Crippen molar-refractivity contribution >= 4 is 17.6 Å². The van der Waals surface area contributed by atoms with Crippen LogP contribution >= 0.6 is 0 Å². The molecule has 4 nitrogen and oxygen atoms in total. The van der Waals surface area contributed by atoms with Crippen molar-refractivity contribution in [1.29, 1.82) is 0 Å². The zero-order chi connectivity index (χ0) is 18.6. The molecule has 0 aliphatic carbocycles. The summed E-state index contributed by atoms with van der Waals surface area (Å²) in [5, 5.41) is 2.93. The largest absolute Gasteiger partial charge is 0.466 e. The maximum Gasteiger partial charge on any atom is 0.305 e. The smallest absolute Gasteiger partial charge is 0.305 e. The van der Waals surface area contributed by atoms with Crippen molar-refractivity contribution in [3.63, 3.8) is 0 Å². The van der Waals surface area contributed by atoms with Crippen molar-refractivity contribution in [2.75, 3.05) is 11.9 Å². The minimum absolute atomic E-state index is 0.0304. The molecule has 0 radical (unpaired) electrons. The van der Waals surface area contributed by atoms with Crippen molar-refractivity contribution in [2.45, 2.75) is 45.4 Å². The van der Waals surface area contributed by atoms with Gasteiger partial charge >= 0.3 is 5.97 Å². The molecule has 0 heterocycles. The van der Waals surface area contributed by atoms with Gasteiger partial charge in [0.2, 0.25) is 5.91 Å². The fourth-order valence-corrected chi connectivity index (χ4v) is 2.74. The number of hydrogen-bond donors (Lipinski definition) is 1. The summed E-state index contributed by atoms with van der Waals surface area (Å²) in [7, 11) is 0. The van der Waals surface area contributed by atoms with Crippen LogP contribution in [0.1, 0.15) is 45.4 Å². The molecule has 0 spiro atoms. The van der Waals surface area contributed by atoms with Crippen LogP contribution in [0.2, 0.25) is 0 Å². The number of hydrogen-bond acceptors (Lipinski definition) is 3. The molecular formula is C22H27NO3. The summed E-state index contributed by atoms with van der Waals surface area (Å²) in [6, 6.07) is 18.0. The van der Waals surface area contributed by atoms with Crippen molar-refractivity contribution in [3.8, 4) is 11.1 Å². The van der Waals surface area contributed by atoms with Crippen LogP contribution in [0.5, 0.6) is 0 Å². The van der Waals surface area contributed by atoms with Gasteiger partial charge in [-0.05, 0) is 43.0 Å². The Labute approximate surface area is 155 Å². The molecule has 0 aromatic heterocycles. The van der Waals surface area contributed by atoms with Crippen molar-refractivity contribution < 1.29 is 14.3 Å². The number of amides is 1. The van der Waals surface area contributed by atoms with Gasteiger partial charge < -0.3 is 10.1 Å². The number of rotatable bonds is 10. The number of unbranched alkanes of at least 4 members (excludes halogenated alkanes) is 3. The van der Waals surface area contributed by atoms with Crippen molar-refractivity contribution in [2.24, 2.45) is 0 Å². The lowest BCUT2D eigenvalue weighted by Gasteiger charge is -2.07. The first-order valence-electron chi connectivity index (χ1n) is 9.30. The van der Waals surface area contributed by atoms with E-state index in [1.54, 1.807) is 0 Å². The predicted molar refractivity (Wildman–Crippen MR) is 105 cm³/mol. The lowest BCUT2D eigenvalue weighted by Crippen LogP contribution is -2.11. The average molecular weight is 353 g/mol. The summed E-state index contributed by atoms with van der Waals surface area (Å²) in [5.41, 5.74) is 3.11. The van der Waals surface area contributed by atoms with Crippen LogP contribution in [0.15, 0.2) is 54.6 Å². The normalized spacial score (nSPS) is 10.3. The van der Waals surface area contributed by atoms with E-state index in [0.717, 1.165) is 42.5 Å². The Morgan fingerprint density at radius 1 is 0.808 bits per heavy atom. The Morgan fingerprint density at radius 2 is 1.42 bits per heavy atom. The van der Waals surface area contributed by atoms with E-state index >= 15 is 0 Å². The Hall–Kier alpha value is -2.62. The zero-order valence-electron chi connectivity index (χ0n) is 15.4. The Morgan fingerprint density at radius 3 is 2.08 bits per heavy atom. The van der Waals surface area contributed by atoms with Crippen LogP contribution in [0.3, 0.4) is 0 Å². The van der Waals surface area contributed by atoms with Crippen LogP contribution in [0, 0.1) is 0 Å². The van der Waals surface area contributed by atoms with E-state index < -0.39 is 0 Å². The van der Waals surface area contributed by atoms with Crippen LogP contribution in [-0.2, 0) is 14.3 Å². The topological polar surface area (TPSA) is 55.4 Å². The molecule has 1 amide bonds. The fourth-order valence-electron chi connectivity index (χ4n) is 2.74. The fraction of sp³-hybridized carbons (Fsp3) is 0.364. The molecule has 0 fully saturated rings. The van der Waals surface area contributed by atoms with Gasteiger partial charge in [0.1, 0.15) is 0 Å². The highest BCUT2D eigenvalue weighted by Gasteiger charge is 2.04. The van der Waals surface area contributed by atoms with Gasteiger partial charge in [0, 0.05) is 18.5 Å². The quantitative estimate of drug-likeness (QED) is 0.472. The minimum atomic E-state index is -0.135. The van der Waals surface area contributed by atoms with Gasteiger partial charge in [-0.2, -0.15) is 0 Å². The molecule has 2 aromatic carbocycles. The SMILES string of the molecule is CCOC(=O)CCCCCCC(=O)Nc1ccc(-c2ccccc2)cc1. The molecule has 0 aliphatic heterocycles. The highest BCUT2D eigenvalue weighted by molar-refractivity contribution is 5.90. The highest BCUT2D eigenvalue weighted by Crippen LogP contribution is 2.21. The second kappa shape index (κ2) is 11.1. The average Bonchev–Trinajstić information content (AvgIpc) is 2.66. The molecule has 0 aliphatic rings. The number of benzene rings is 2. The van der Waals surface area contributed by atoms with Crippen molar-refractivity contribution in [1.82, 2.24) is 0 Å². The van der Waals surface area contributed by atoms with Gasteiger partial charge in [-0.3, -0.25) is 9.59 Å². The number of carbonyl (C=O) groups is 2. The summed E-state index contributed by atoms with van der Waals surface area (Å²) < 4.78 is 4.89. The van der Waals surface area contributed by atoms with Gasteiger partial charge in [-0.15, -0.1) is 0 Å². The third-order valence-electron chi connectivity index (χ3n) is 4.12. The van der Waals surface area contributed by atoms with E-state index in [1.807, 2.05) is 49.4 Å². The van der Waals surface area contributed by atoms with E-state index in [4.69, 9.17) is 4.74 Å². The summed E-state index contributed by atoms with van der Waals surface area (Å²) in [5.74, 6) is -0.105. The zero-order valence-corrected chi connectivity index (χ0v) is 15.4. The molecule has 0 unspecified atom stereocenters. The standard InChI is InChI=1S/C22H27NO3/c1-2-26-22(25)13-9-4-3-8-12-21(24)23-20-16-14-19(15-17-20)18-10-6-5-7-11-18/h5-7,10-11,14-17H,2-4,8-9,12-13H2,1H3,(H,23,24). The second-order valence-corrected chi connectivity index (χ2v) is 6.21. The molecule has 0 atom stereocenters. The van der Waals surface area contributed by atoms with E-state index in [9.17, 15) is 9.59 Å². The van der Waals surface area contributed by atoms with Crippen LogP contribution < -0.4 is 5.32 Å². The van der Waals surface area contributed by atoms with Crippen LogP contribution in [-0.4, -0.2) is 18.5 Å². The summed E-state index contributed by atoms with van der Waals surface area (Å²) in [4.78, 5) is 23.2. The number of anilines is 1. The first-order valence-corrected chi connectivity index (χ1v) is 9.30. The number of esters is 1. The van der Waals surface area contributed by atoms with Gasteiger partial charge in [0.05, 0.1) is 6.61 Å². The molecule has 4 heteroatoms. The maximum atomic E-state index is 12.0.